The number of rotatable bonds is 6. The topological polar surface area (TPSA) is 74.2 Å². The Labute approximate surface area is 195 Å². The van der Waals surface area contributed by atoms with Crippen LogP contribution in [0.3, 0.4) is 0 Å². The summed E-state index contributed by atoms with van der Waals surface area (Å²) in [6.45, 7) is 3.89. The largest absolute Gasteiger partial charge is 0.480 e. The van der Waals surface area contributed by atoms with Crippen LogP contribution in [0.1, 0.15) is 23.6 Å². The summed E-state index contributed by atoms with van der Waals surface area (Å²) in [6.07, 6.45) is 1.67. The molecule has 2 aromatic carbocycles. The van der Waals surface area contributed by atoms with E-state index in [1.54, 1.807) is 13.0 Å². The highest BCUT2D eigenvalue weighted by Gasteiger charge is 2.24. The normalized spacial score (nSPS) is 14.6. The molecule has 6 nitrogen and oxygen atoms in total. The molecule has 0 fully saturated rings. The fourth-order valence-corrected chi connectivity index (χ4v) is 4.65. The van der Waals surface area contributed by atoms with Crippen molar-refractivity contribution in [2.24, 2.45) is 4.99 Å². The predicted molar refractivity (Wildman–Crippen MR) is 126 cm³/mol. The van der Waals surface area contributed by atoms with Crippen LogP contribution in [-0.2, 0) is 19.1 Å². The molecule has 0 saturated heterocycles. The van der Waals surface area contributed by atoms with Gasteiger partial charge in [-0.3, -0.25) is 0 Å². The number of esters is 2. The van der Waals surface area contributed by atoms with Gasteiger partial charge >= 0.3 is 11.9 Å². The molecule has 0 spiro atoms. The van der Waals surface area contributed by atoms with Crippen molar-refractivity contribution in [1.29, 1.82) is 0 Å². The van der Waals surface area contributed by atoms with Crippen molar-refractivity contribution in [1.82, 2.24) is 0 Å². The fourth-order valence-electron chi connectivity index (χ4n) is 2.52. The zero-order valence-electron chi connectivity index (χ0n) is 15.7. The van der Waals surface area contributed by atoms with Crippen LogP contribution in [0.2, 0.25) is 0 Å². The number of aliphatic imine (C=N–C) groups is 1. The van der Waals surface area contributed by atoms with Crippen LogP contribution in [0, 0.1) is 14.1 Å². The van der Waals surface area contributed by atoms with Gasteiger partial charge in [-0.15, -0.1) is 0 Å². The summed E-state index contributed by atoms with van der Waals surface area (Å²) < 4.78 is 17.4. The molecule has 1 heterocycles. The molecule has 0 aliphatic carbocycles. The Morgan fingerprint density at radius 3 is 2.45 bits per heavy atom. The van der Waals surface area contributed by atoms with Crippen molar-refractivity contribution in [3.05, 3.63) is 65.9 Å². The van der Waals surface area contributed by atoms with Gasteiger partial charge in [-0.25, -0.2) is 14.6 Å². The first-order valence-electron chi connectivity index (χ1n) is 8.74. The number of hydrogen-bond acceptors (Lipinski definition) is 6. The number of ether oxygens (including phenoxy) is 3. The van der Waals surface area contributed by atoms with Gasteiger partial charge in [0.15, 0.2) is 12.3 Å². The number of hydrogen-bond donors (Lipinski definition) is 0. The SMILES string of the molecule is CCOC(=O)COc1c(I)cc(/C=C2\N=C(c3ccc(C)cc3)OC2=O)cc1I. The van der Waals surface area contributed by atoms with Gasteiger partial charge in [-0.2, -0.15) is 0 Å². The highest BCUT2D eigenvalue weighted by atomic mass is 127. The van der Waals surface area contributed by atoms with Gasteiger partial charge in [0, 0.05) is 5.56 Å². The summed E-state index contributed by atoms with van der Waals surface area (Å²) in [7, 11) is 0. The summed E-state index contributed by atoms with van der Waals surface area (Å²) >= 11 is 4.25. The van der Waals surface area contributed by atoms with E-state index in [1.165, 1.54) is 0 Å². The standard InChI is InChI=1S/C21H17I2NO5/c1-3-27-18(25)11-28-19-15(22)8-13(9-16(19)23)10-17-21(26)29-20(24-17)14-6-4-12(2)5-7-14/h4-10H,3,11H2,1-2H3/b17-10-. The van der Waals surface area contributed by atoms with Crippen molar-refractivity contribution >= 4 is 69.1 Å². The lowest BCUT2D eigenvalue weighted by atomic mass is 10.1. The predicted octanol–water partition coefficient (Wildman–Crippen LogP) is 4.49. The monoisotopic (exact) mass is 617 g/mol. The van der Waals surface area contributed by atoms with Crippen LogP contribution in [0.4, 0.5) is 0 Å². The molecule has 0 amide bonds. The van der Waals surface area contributed by atoms with Gasteiger partial charge in [0.2, 0.25) is 5.90 Å². The van der Waals surface area contributed by atoms with Crippen LogP contribution in [0.15, 0.2) is 47.1 Å². The minimum absolute atomic E-state index is 0.156. The molecule has 1 aliphatic rings. The highest BCUT2D eigenvalue weighted by molar-refractivity contribution is 14.1. The van der Waals surface area contributed by atoms with Gasteiger partial charge in [0.05, 0.1) is 13.7 Å². The summed E-state index contributed by atoms with van der Waals surface area (Å²) in [6, 6.07) is 11.3. The van der Waals surface area contributed by atoms with Crippen LogP contribution in [0.25, 0.3) is 6.08 Å². The second-order valence-corrected chi connectivity index (χ2v) is 8.43. The van der Waals surface area contributed by atoms with Gasteiger partial charge < -0.3 is 14.2 Å². The Kier molecular flexibility index (Phi) is 7.28. The van der Waals surface area contributed by atoms with Crippen LogP contribution < -0.4 is 4.74 Å². The molecule has 150 valence electrons. The molecule has 2 aromatic rings. The van der Waals surface area contributed by atoms with Gasteiger partial charge in [-0.1, -0.05) is 17.7 Å². The van der Waals surface area contributed by atoms with Crippen LogP contribution in [0.5, 0.6) is 5.75 Å². The number of aryl methyl sites for hydroxylation is 1. The maximum Gasteiger partial charge on any atom is 0.363 e. The molecule has 0 unspecified atom stereocenters. The number of carbonyl (C=O) groups is 2. The van der Waals surface area contributed by atoms with E-state index in [0.717, 1.165) is 23.8 Å². The average Bonchev–Trinajstić information content (AvgIpc) is 3.02. The molecule has 1 aliphatic heterocycles. The summed E-state index contributed by atoms with van der Waals surface area (Å²) in [5.41, 5.74) is 2.87. The van der Waals surface area contributed by atoms with Crippen LogP contribution in [-0.4, -0.2) is 31.1 Å². The molecule has 29 heavy (non-hydrogen) atoms. The maximum absolute atomic E-state index is 12.2. The number of cyclic esters (lactones) is 1. The van der Waals surface area contributed by atoms with Gasteiger partial charge in [0.25, 0.3) is 0 Å². The molecule has 3 rings (SSSR count). The zero-order chi connectivity index (χ0) is 21.0. The van der Waals surface area contributed by atoms with E-state index in [-0.39, 0.29) is 12.3 Å². The second kappa shape index (κ2) is 9.70. The fraction of sp³-hybridized carbons (Fsp3) is 0.190. The van der Waals surface area contributed by atoms with Crippen molar-refractivity contribution in [3.8, 4) is 5.75 Å². The number of halogens is 2. The van der Waals surface area contributed by atoms with E-state index in [9.17, 15) is 9.59 Å². The van der Waals surface area contributed by atoms with E-state index >= 15 is 0 Å². The summed E-state index contributed by atoms with van der Waals surface area (Å²) in [5.74, 6) is -0.0236. The maximum atomic E-state index is 12.2. The first-order chi connectivity index (χ1) is 13.9. The highest BCUT2D eigenvalue weighted by Crippen LogP contribution is 2.30. The third kappa shape index (κ3) is 5.56. The quantitative estimate of drug-likeness (QED) is 0.272. The third-order valence-electron chi connectivity index (χ3n) is 3.88. The lowest BCUT2D eigenvalue weighted by molar-refractivity contribution is -0.145. The molecule has 0 N–H and O–H groups in total. The second-order valence-electron chi connectivity index (χ2n) is 6.11. The molecule has 8 heteroatoms. The first-order valence-corrected chi connectivity index (χ1v) is 10.9. The molecular weight excluding hydrogens is 600 g/mol. The Bertz CT molecular complexity index is 989. The molecule has 0 aromatic heterocycles. The zero-order valence-corrected chi connectivity index (χ0v) is 20.0. The minimum Gasteiger partial charge on any atom is -0.480 e. The third-order valence-corrected chi connectivity index (χ3v) is 5.49. The molecular formula is C21H17I2NO5. The van der Waals surface area contributed by atoms with Crippen molar-refractivity contribution in [3.63, 3.8) is 0 Å². The van der Waals surface area contributed by atoms with E-state index in [4.69, 9.17) is 14.2 Å². The van der Waals surface area contributed by atoms with Gasteiger partial charge in [-0.05, 0) is 94.9 Å². The van der Waals surface area contributed by atoms with Crippen molar-refractivity contribution in [2.45, 2.75) is 13.8 Å². The Balaban J connectivity index is 1.81. The van der Waals surface area contributed by atoms with E-state index in [0.29, 0.717) is 18.3 Å². The smallest absolute Gasteiger partial charge is 0.363 e. The lowest BCUT2D eigenvalue weighted by Crippen LogP contribution is -2.15. The Morgan fingerprint density at radius 1 is 1.17 bits per heavy atom. The van der Waals surface area contributed by atoms with E-state index < -0.39 is 11.9 Å². The molecule has 0 radical (unpaired) electrons. The molecule has 0 bridgehead atoms. The number of carbonyl (C=O) groups excluding carboxylic acids is 2. The lowest BCUT2D eigenvalue weighted by Gasteiger charge is -2.11. The first kappa shape index (κ1) is 21.8. The van der Waals surface area contributed by atoms with E-state index in [1.807, 2.05) is 43.3 Å². The van der Waals surface area contributed by atoms with Crippen molar-refractivity contribution < 1.29 is 23.8 Å². The van der Waals surface area contributed by atoms with E-state index in [2.05, 4.69) is 50.2 Å². The minimum atomic E-state index is -0.492. The molecule has 0 atom stereocenters. The Morgan fingerprint density at radius 2 is 1.83 bits per heavy atom. The Hall–Kier alpha value is -1.95. The van der Waals surface area contributed by atoms with Crippen molar-refractivity contribution in [2.75, 3.05) is 13.2 Å². The molecule has 0 saturated carbocycles. The number of benzene rings is 2. The van der Waals surface area contributed by atoms with Crippen LogP contribution >= 0.6 is 45.2 Å². The van der Waals surface area contributed by atoms with Gasteiger partial charge in [0.1, 0.15) is 5.75 Å². The summed E-state index contributed by atoms with van der Waals surface area (Å²) in [5, 5.41) is 0. The average molecular weight is 617 g/mol. The summed E-state index contributed by atoms with van der Waals surface area (Å²) in [4.78, 5) is 28.1. The number of nitrogens with zero attached hydrogens (tertiary/aromatic N) is 1.